The molecule has 2 amide bonds. The zero-order chi connectivity index (χ0) is 9.68. The van der Waals surface area contributed by atoms with E-state index in [0.717, 1.165) is 0 Å². The van der Waals surface area contributed by atoms with E-state index in [9.17, 15) is 9.70 Å². The third kappa shape index (κ3) is 2.68. The predicted molar refractivity (Wildman–Crippen MR) is 49.5 cm³/mol. The summed E-state index contributed by atoms with van der Waals surface area (Å²) in [6, 6.07) is -0.127. The number of carbonyl (C=O) groups excluding carboxylic acids is 1. The van der Waals surface area contributed by atoms with Gasteiger partial charge in [0.1, 0.15) is 0 Å². The van der Waals surface area contributed by atoms with Crippen LogP contribution in [0.25, 0.3) is 0 Å². The van der Waals surface area contributed by atoms with E-state index < -0.39 is 0 Å². The van der Waals surface area contributed by atoms with Gasteiger partial charge in [0, 0.05) is 19.6 Å². The number of carbonyl (C=O) groups is 1. The molecule has 0 aromatic carbocycles. The topological polar surface area (TPSA) is 61.8 Å². The van der Waals surface area contributed by atoms with E-state index in [4.69, 9.17) is 0 Å². The summed E-state index contributed by atoms with van der Waals surface area (Å²) >= 11 is 0. The number of rotatable bonds is 2. The number of nitrogens with one attached hydrogen (secondary N) is 1. The monoisotopic (exact) mass is 185 g/mol. The van der Waals surface area contributed by atoms with Gasteiger partial charge in [-0.05, 0) is 19.8 Å². The fourth-order valence-electron chi connectivity index (χ4n) is 1.44. The van der Waals surface area contributed by atoms with Crippen molar-refractivity contribution in [2.75, 3.05) is 19.6 Å². The van der Waals surface area contributed by atoms with Gasteiger partial charge in [0.2, 0.25) is 0 Å². The highest BCUT2D eigenvalue weighted by Gasteiger charge is 2.22. The van der Waals surface area contributed by atoms with Gasteiger partial charge < -0.3 is 10.2 Å². The first kappa shape index (κ1) is 9.95. The van der Waals surface area contributed by atoms with E-state index in [1.807, 2.05) is 6.92 Å². The van der Waals surface area contributed by atoms with Crippen LogP contribution in [-0.4, -0.2) is 36.6 Å². The molecular formula is C8H15N3O2. The summed E-state index contributed by atoms with van der Waals surface area (Å²) in [6.07, 6.45) is 1.39. The second-order valence-electron chi connectivity index (χ2n) is 3.16. The number of urea groups is 1. The van der Waals surface area contributed by atoms with Gasteiger partial charge in [-0.15, -0.1) is 0 Å². The lowest BCUT2D eigenvalue weighted by Crippen LogP contribution is -2.45. The molecule has 1 saturated heterocycles. The van der Waals surface area contributed by atoms with Crippen LogP contribution in [-0.2, 0) is 0 Å². The van der Waals surface area contributed by atoms with Gasteiger partial charge in [-0.1, -0.05) is 5.18 Å². The molecule has 0 aliphatic carbocycles. The number of nitroso groups, excluding NO2 is 1. The van der Waals surface area contributed by atoms with Crippen LogP contribution >= 0.6 is 0 Å². The van der Waals surface area contributed by atoms with Crippen LogP contribution in [0.3, 0.4) is 0 Å². The quantitative estimate of drug-likeness (QED) is 0.651. The highest BCUT2D eigenvalue weighted by molar-refractivity contribution is 5.74. The molecule has 5 nitrogen and oxygen atoms in total. The Labute approximate surface area is 77.5 Å². The molecule has 1 fully saturated rings. The fourth-order valence-corrected chi connectivity index (χ4v) is 1.44. The Morgan fingerprint density at radius 1 is 1.54 bits per heavy atom. The summed E-state index contributed by atoms with van der Waals surface area (Å²) in [4.78, 5) is 23.2. The highest BCUT2D eigenvalue weighted by atomic mass is 16.3. The summed E-state index contributed by atoms with van der Waals surface area (Å²) in [7, 11) is 0. The van der Waals surface area contributed by atoms with Crippen LogP contribution < -0.4 is 5.32 Å². The molecule has 0 spiro atoms. The molecule has 74 valence electrons. The average molecular weight is 185 g/mol. The second kappa shape index (κ2) is 4.79. The largest absolute Gasteiger partial charge is 0.338 e. The number of amides is 2. The van der Waals surface area contributed by atoms with Crippen LogP contribution in [0.15, 0.2) is 5.18 Å². The molecule has 5 heteroatoms. The lowest BCUT2D eigenvalue weighted by Gasteiger charge is -2.28. The first-order valence-corrected chi connectivity index (χ1v) is 4.63. The summed E-state index contributed by atoms with van der Waals surface area (Å²) in [5.74, 6) is 0. The molecule has 0 saturated carbocycles. The lowest BCUT2D eigenvalue weighted by atomic mass is 10.1. The second-order valence-corrected chi connectivity index (χ2v) is 3.16. The minimum Gasteiger partial charge on any atom is -0.338 e. The van der Waals surface area contributed by atoms with Crippen molar-refractivity contribution in [2.24, 2.45) is 5.18 Å². The zero-order valence-electron chi connectivity index (χ0n) is 7.82. The molecule has 0 atom stereocenters. The van der Waals surface area contributed by atoms with Crippen molar-refractivity contribution < 1.29 is 4.79 Å². The van der Waals surface area contributed by atoms with Crippen LogP contribution in [0.4, 0.5) is 4.79 Å². The van der Waals surface area contributed by atoms with Crippen LogP contribution in [0, 0.1) is 4.91 Å². The van der Waals surface area contributed by atoms with Gasteiger partial charge in [0.05, 0.1) is 6.04 Å². The molecule has 0 bridgehead atoms. The molecule has 1 aliphatic rings. The highest BCUT2D eigenvalue weighted by Crippen LogP contribution is 2.12. The number of hydrogen-bond acceptors (Lipinski definition) is 3. The van der Waals surface area contributed by atoms with Gasteiger partial charge in [0.25, 0.3) is 0 Å². The van der Waals surface area contributed by atoms with E-state index in [1.165, 1.54) is 0 Å². The third-order valence-corrected chi connectivity index (χ3v) is 2.23. The van der Waals surface area contributed by atoms with Gasteiger partial charge in [0.15, 0.2) is 0 Å². The summed E-state index contributed by atoms with van der Waals surface area (Å²) in [5, 5.41) is 5.71. The molecular weight excluding hydrogens is 170 g/mol. The van der Waals surface area contributed by atoms with Gasteiger partial charge in [-0.2, -0.15) is 4.91 Å². The number of nitrogens with zero attached hydrogens (tertiary/aromatic N) is 2. The van der Waals surface area contributed by atoms with Crippen molar-refractivity contribution in [1.29, 1.82) is 0 Å². The van der Waals surface area contributed by atoms with E-state index >= 15 is 0 Å². The van der Waals surface area contributed by atoms with Crippen molar-refractivity contribution in [3.63, 3.8) is 0 Å². The normalized spacial score (nSPS) is 18.4. The Kier molecular flexibility index (Phi) is 3.67. The van der Waals surface area contributed by atoms with Crippen LogP contribution in [0.1, 0.15) is 19.8 Å². The standard InChI is InChI=1S/C8H15N3O2/c1-2-9-8(12)11-5-3-7(10-13)4-6-11/h7H,2-6H2,1H3,(H,9,12). The summed E-state index contributed by atoms with van der Waals surface area (Å²) < 4.78 is 0. The maximum absolute atomic E-state index is 11.3. The van der Waals surface area contributed by atoms with E-state index in [1.54, 1.807) is 4.90 Å². The molecule has 0 radical (unpaired) electrons. The Bertz CT molecular complexity index is 188. The summed E-state index contributed by atoms with van der Waals surface area (Å²) in [6.45, 7) is 3.81. The van der Waals surface area contributed by atoms with Crippen LogP contribution in [0.5, 0.6) is 0 Å². The fraction of sp³-hybridized carbons (Fsp3) is 0.875. The molecule has 13 heavy (non-hydrogen) atoms. The minimum atomic E-state index is -0.0920. The van der Waals surface area contributed by atoms with E-state index in [0.29, 0.717) is 32.5 Å². The third-order valence-electron chi connectivity index (χ3n) is 2.23. The van der Waals surface area contributed by atoms with E-state index in [2.05, 4.69) is 10.5 Å². The molecule has 1 heterocycles. The zero-order valence-corrected chi connectivity index (χ0v) is 7.82. The van der Waals surface area contributed by atoms with Crippen molar-refractivity contribution in [2.45, 2.75) is 25.8 Å². The Hall–Kier alpha value is -1.13. The number of piperidine rings is 1. The smallest absolute Gasteiger partial charge is 0.317 e. The maximum atomic E-state index is 11.3. The van der Waals surface area contributed by atoms with Crippen molar-refractivity contribution in [1.82, 2.24) is 10.2 Å². The van der Waals surface area contributed by atoms with Gasteiger partial charge in [-0.25, -0.2) is 4.79 Å². The van der Waals surface area contributed by atoms with Crippen molar-refractivity contribution in [3.05, 3.63) is 4.91 Å². The van der Waals surface area contributed by atoms with Crippen molar-refractivity contribution in [3.8, 4) is 0 Å². The Morgan fingerprint density at radius 2 is 2.15 bits per heavy atom. The Morgan fingerprint density at radius 3 is 2.62 bits per heavy atom. The molecule has 1 aliphatic heterocycles. The first-order valence-electron chi connectivity index (χ1n) is 4.63. The first-order chi connectivity index (χ1) is 6.27. The SMILES string of the molecule is CCNC(=O)N1CCC(N=O)CC1. The van der Waals surface area contributed by atoms with Crippen LogP contribution in [0.2, 0.25) is 0 Å². The van der Waals surface area contributed by atoms with Gasteiger partial charge >= 0.3 is 6.03 Å². The minimum absolute atomic E-state index is 0.0353. The molecule has 0 aromatic rings. The molecule has 0 aromatic heterocycles. The summed E-state index contributed by atoms with van der Waals surface area (Å²) in [5.41, 5.74) is 0. The maximum Gasteiger partial charge on any atom is 0.317 e. The number of hydrogen-bond donors (Lipinski definition) is 1. The average Bonchev–Trinajstić information content (AvgIpc) is 2.18. The number of likely N-dealkylation sites (tertiary alicyclic amines) is 1. The molecule has 1 N–H and O–H groups in total. The van der Waals surface area contributed by atoms with E-state index in [-0.39, 0.29) is 12.1 Å². The Balaban J connectivity index is 2.31. The van der Waals surface area contributed by atoms with Crippen molar-refractivity contribution >= 4 is 6.03 Å². The molecule has 0 unspecified atom stereocenters. The predicted octanol–water partition coefficient (Wildman–Crippen LogP) is 0.947. The molecule has 1 rings (SSSR count). The van der Waals surface area contributed by atoms with Gasteiger partial charge in [-0.3, -0.25) is 0 Å². The lowest BCUT2D eigenvalue weighted by molar-refractivity contribution is 0.182.